The highest BCUT2D eigenvalue weighted by Crippen LogP contribution is 2.23. The van der Waals surface area contributed by atoms with E-state index in [-0.39, 0.29) is 10.7 Å². The molecule has 0 saturated heterocycles. The quantitative estimate of drug-likeness (QED) is 0.699. The van der Waals surface area contributed by atoms with Crippen LogP contribution < -0.4 is 0 Å². The van der Waals surface area contributed by atoms with E-state index < -0.39 is 0 Å². The summed E-state index contributed by atoms with van der Waals surface area (Å²) in [6.07, 6.45) is 0. The lowest BCUT2D eigenvalue weighted by Crippen LogP contribution is -2.32. The van der Waals surface area contributed by atoms with Crippen molar-refractivity contribution >= 4 is 17.7 Å². The zero-order valence-electron chi connectivity index (χ0n) is 9.39. The largest absolute Gasteiger partial charge is 0.343 e. The third kappa shape index (κ3) is 5.97. The summed E-state index contributed by atoms with van der Waals surface area (Å²) in [5.74, 6) is 0.857. The van der Waals surface area contributed by atoms with Gasteiger partial charge in [-0.05, 0) is 13.8 Å². The van der Waals surface area contributed by atoms with Gasteiger partial charge in [0, 0.05) is 17.8 Å². The van der Waals surface area contributed by atoms with Gasteiger partial charge in [0.05, 0.1) is 5.75 Å². The SMILES string of the molecule is CCN(CC)C(=O)CSC(C)(C)C. The van der Waals surface area contributed by atoms with Gasteiger partial charge < -0.3 is 4.90 Å². The lowest BCUT2D eigenvalue weighted by molar-refractivity contribution is -0.127. The Morgan fingerprint density at radius 2 is 1.69 bits per heavy atom. The first-order valence-electron chi connectivity index (χ1n) is 4.82. The van der Waals surface area contributed by atoms with E-state index in [9.17, 15) is 4.79 Å². The van der Waals surface area contributed by atoms with Gasteiger partial charge >= 0.3 is 0 Å². The number of thioether (sulfide) groups is 1. The molecule has 0 aliphatic carbocycles. The van der Waals surface area contributed by atoms with Crippen molar-refractivity contribution in [2.45, 2.75) is 39.4 Å². The van der Waals surface area contributed by atoms with Crippen molar-refractivity contribution in [3.8, 4) is 0 Å². The highest BCUT2D eigenvalue weighted by atomic mass is 32.2. The molecule has 0 aliphatic rings. The molecule has 0 N–H and O–H groups in total. The average molecular weight is 203 g/mol. The normalized spacial score (nSPS) is 11.5. The molecule has 0 aromatic heterocycles. The highest BCUT2D eigenvalue weighted by molar-refractivity contribution is 8.01. The van der Waals surface area contributed by atoms with Crippen LogP contribution in [-0.4, -0.2) is 34.4 Å². The van der Waals surface area contributed by atoms with E-state index in [0.717, 1.165) is 13.1 Å². The van der Waals surface area contributed by atoms with Crippen LogP contribution in [0.25, 0.3) is 0 Å². The molecule has 0 spiro atoms. The first-order valence-corrected chi connectivity index (χ1v) is 5.81. The minimum absolute atomic E-state index is 0.183. The van der Waals surface area contributed by atoms with Crippen LogP contribution in [0.15, 0.2) is 0 Å². The fourth-order valence-corrected chi connectivity index (χ4v) is 1.68. The zero-order chi connectivity index (χ0) is 10.5. The number of hydrogen-bond donors (Lipinski definition) is 0. The van der Waals surface area contributed by atoms with Crippen molar-refractivity contribution in [1.82, 2.24) is 4.90 Å². The van der Waals surface area contributed by atoms with Gasteiger partial charge in [0.2, 0.25) is 5.91 Å². The Morgan fingerprint density at radius 1 is 1.23 bits per heavy atom. The number of nitrogens with zero attached hydrogens (tertiary/aromatic N) is 1. The first kappa shape index (κ1) is 12.8. The van der Waals surface area contributed by atoms with E-state index in [0.29, 0.717) is 5.75 Å². The predicted molar refractivity (Wildman–Crippen MR) is 60.1 cm³/mol. The van der Waals surface area contributed by atoms with Gasteiger partial charge in [0.15, 0.2) is 0 Å². The van der Waals surface area contributed by atoms with Gasteiger partial charge in [-0.15, -0.1) is 11.8 Å². The number of amides is 1. The van der Waals surface area contributed by atoms with Gasteiger partial charge in [0.1, 0.15) is 0 Å². The predicted octanol–water partition coefficient (Wildman–Crippen LogP) is 2.39. The summed E-state index contributed by atoms with van der Waals surface area (Å²) >= 11 is 1.71. The minimum Gasteiger partial charge on any atom is -0.343 e. The Labute approximate surface area is 86.1 Å². The summed E-state index contributed by atoms with van der Waals surface area (Å²) in [4.78, 5) is 13.4. The van der Waals surface area contributed by atoms with Gasteiger partial charge in [0.25, 0.3) is 0 Å². The Balaban J connectivity index is 3.86. The van der Waals surface area contributed by atoms with E-state index in [1.54, 1.807) is 11.8 Å². The van der Waals surface area contributed by atoms with E-state index in [4.69, 9.17) is 0 Å². The monoisotopic (exact) mass is 203 g/mol. The molecule has 3 heteroatoms. The van der Waals surface area contributed by atoms with Gasteiger partial charge in [-0.3, -0.25) is 4.79 Å². The third-order valence-corrected chi connectivity index (χ3v) is 3.00. The van der Waals surface area contributed by atoms with E-state index in [2.05, 4.69) is 20.8 Å². The number of hydrogen-bond acceptors (Lipinski definition) is 2. The molecule has 78 valence electrons. The summed E-state index contributed by atoms with van der Waals surface area (Å²) in [6.45, 7) is 12.1. The Hall–Kier alpha value is -0.180. The van der Waals surface area contributed by atoms with Crippen LogP contribution in [-0.2, 0) is 4.79 Å². The topological polar surface area (TPSA) is 20.3 Å². The molecule has 0 unspecified atom stereocenters. The van der Waals surface area contributed by atoms with Crippen molar-refractivity contribution in [1.29, 1.82) is 0 Å². The molecule has 0 radical (unpaired) electrons. The third-order valence-electron chi connectivity index (χ3n) is 1.74. The molecule has 2 nitrogen and oxygen atoms in total. The zero-order valence-corrected chi connectivity index (χ0v) is 10.2. The molecule has 0 heterocycles. The van der Waals surface area contributed by atoms with E-state index in [1.165, 1.54) is 0 Å². The van der Waals surface area contributed by atoms with Crippen molar-refractivity contribution in [2.75, 3.05) is 18.8 Å². The van der Waals surface area contributed by atoms with E-state index >= 15 is 0 Å². The standard InChI is InChI=1S/C10H21NOS/c1-6-11(7-2)9(12)8-13-10(3,4)5/h6-8H2,1-5H3. The van der Waals surface area contributed by atoms with E-state index in [1.807, 2.05) is 18.7 Å². The number of carbonyl (C=O) groups is 1. The lowest BCUT2D eigenvalue weighted by Gasteiger charge is -2.22. The molecule has 0 aliphatic heterocycles. The molecule has 0 atom stereocenters. The summed E-state index contributed by atoms with van der Waals surface area (Å²) in [6, 6.07) is 0. The Morgan fingerprint density at radius 3 is 2.00 bits per heavy atom. The fraction of sp³-hybridized carbons (Fsp3) is 0.900. The maximum atomic E-state index is 11.6. The maximum Gasteiger partial charge on any atom is 0.232 e. The minimum atomic E-state index is 0.183. The van der Waals surface area contributed by atoms with Crippen molar-refractivity contribution in [3.63, 3.8) is 0 Å². The molecule has 1 amide bonds. The second-order valence-electron chi connectivity index (χ2n) is 3.97. The average Bonchev–Trinajstić information content (AvgIpc) is 2.02. The smallest absolute Gasteiger partial charge is 0.232 e. The Kier molecular flexibility index (Phi) is 5.45. The van der Waals surface area contributed by atoms with Crippen LogP contribution >= 0.6 is 11.8 Å². The lowest BCUT2D eigenvalue weighted by atomic mass is 10.3. The molecular weight excluding hydrogens is 182 g/mol. The summed E-state index contributed by atoms with van der Waals surface area (Å²) in [7, 11) is 0. The van der Waals surface area contributed by atoms with Crippen LogP contribution in [0.5, 0.6) is 0 Å². The fourth-order valence-electron chi connectivity index (χ4n) is 0.946. The van der Waals surface area contributed by atoms with Gasteiger partial charge in [-0.1, -0.05) is 20.8 Å². The van der Waals surface area contributed by atoms with Gasteiger partial charge in [-0.25, -0.2) is 0 Å². The molecule has 0 fully saturated rings. The summed E-state index contributed by atoms with van der Waals surface area (Å²) < 4.78 is 0.183. The molecule has 0 rings (SSSR count). The molecule has 13 heavy (non-hydrogen) atoms. The molecular formula is C10H21NOS. The summed E-state index contributed by atoms with van der Waals surface area (Å²) in [5, 5.41) is 0. The van der Waals surface area contributed by atoms with Crippen molar-refractivity contribution < 1.29 is 4.79 Å². The molecule has 0 aromatic rings. The van der Waals surface area contributed by atoms with Crippen LogP contribution in [0, 0.1) is 0 Å². The Bertz CT molecular complexity index is 159. The molecule has 0 bridgehead atoms. The number of rotatable bonds is 4. The summed E-state index contributed by atoms with van der Waals surface area (Å²) in [5.41, 5.74) is 0. The highest BCUT2D eigenvalue weighted by Gasteiger charge is 2.15. The second kappa shape index (κ2) is 5.53. The second-order valence-corrected chi connectivity index (χ2v) is 5.77. The maximum absolute atomic E-state index is 11.6. The van der Waals surface area contributed by atoms with Crippen molar-refractivity contribution in [2.24, 2.45) is 0 Å². The number of carbonyl (C=O) groups excluding carboxylic acids is 1. The molecule has 0 aromatic carbocycles. The van der Waals surface area contributed by atoms with Crippen molar-refractivity contribution in [3.05, 3.63) is 0 Å². The van der Waals surface area contributed by atoms with Crippen LogP contribution in [0.2, 0.25) is 0 Å². The van der Waals surface area contributed by atoms with Crippen LogP contribution in [0.3, 0.4) is 0 Å². The van der Waals surface area contributed by atoms with Crippen LogP contribution in [0.1, 0.15) is 34.6 Å². The van der Waals surface area contributed by atoms with Gasteiger partial charge in [-0.2, -0.15) is 0 Å². The molecule has 0 saturated carbocycles. The van der Waals surface area contributed by atoms with Crippen LogP contribution in [0.4, 0.5) is 0 Å². The first-order chi connectivity index (χ1) is 5.90.